The molecule has 0 aliphatic heterocycles. The van der Waals surface area contributed by atoms with Crippen LogP contribution in [0.25, 0.3) is 11.4 Å². The summed E-state index contributed by atoms with van der Waals surface area (Å²) in [6, 6.07) is 39.6. The van der Waals surface area contributed by atoms with Crippen LogP contribution >= 0.6 is 48.9 Å². The lowest BCUT2D eigenvalue weighted by Gasteiger charge is -2.20. The Morgan fingerprint density at radius 3 is 1.42 bits per heavy atom. The Kier molecular flexibility index (Phi) is 21.9. The number of hydrogen-bond acceptors (Lipinski definition) is 22. The van der Waals surface area contributed by atoms with Gasteiger partial charge in [-0.15, -0.1) is 15.3 Å². The van der Waals surface area contributed by atoms with Crippen LogP contribution in [-0.4, -0.2) is 120 Å². The highest BCUT2D eigenvalue weighted by Crippen LogP contribution is 2.32. The summed E-state index contributed by atoms with van der Waals surface area (Å²) in [4.78, 5) is 4.47. The second-order valence-electron chi connectivity index (χ2n) is 14.0. The van der Waals surface area contributed by atoms with Gasteiger partial charge in [-0.1, -0.05) is 128 Å². The van der Waals surface area contributed by atoms with Gasteiger partial charge in [0.15, 0.2) is 0 Å². The molecule has 0 aliphatic carbocycles. The van der Waals surface area contributed by atoms with Gasteiger partial charge in [-0.25, -0.2) is 19.1 Å². The lowest BCUT2D eigenvalue weighted by Crippen LogP contribution is -2.27. The maximum atomic E-state index is 5.66. The average Bonchev–Trinajstić information content (AvgIpc) is 4.30. The fraction of sp³-hybridized carbons (Fsp3) is 0.214. The van der Waals surface area contributed by atoms with Gasteiger partial charge in [0, 0.05) is 13.1 Å². The Bertz CT molecular complexity index is 3210. The molecule has 6 heterocycles. The van der Waals surface area contributed by atoms with E-state index in [0.717, 1.165) is 61.3 Å². The van der Waals surface area contributed by atoms with Crippen molar-refractivity contribution in [1.29, 1.82) is 0 Å². The third-order valence-electron chi connectivity index (χ3n) is 9.37. The van der Waals surface area contributed by atoms with Gasteiger partial charge in [-0.05, 0) is 124 Å². The number of aromatic amines is 4. The second-order valence-corrected chi connectivity index (χ2v) is 15.5. The Morgan fingerprint density at radius 1 is 0.556 bits per heavy atom. The van der Waals surface area contributed by atoms with Crippen molar-refractivity contribution in [3.63, 3.8) is 0 Å². The van der Waals surface area contributed by atoms with Gasteiger partial charge in [0.2, 0.25) is 20.3 Å². The monoisotopic (exact) mass is 1050 g/mol. The summed E-state index contributed by atoms with van der Waals surface area (Å²) < 4.78 is 18.2. The fourth-order valence-corrected chi connectivity index (χ4v) is 6.56. The van der Waals surface area contributed by atoms with Gasteiger partial charge in [0.05, 0.1) is 29.3 Å². The summed E-state index contributed by atoms with van der Waals surface area (Å²) >= 11 is 19.6. The predicted octanol–water partition coefficient (Wildman–Crippen LogP) is 6.95. The molecule has 10 N–H and O–H groups in total. The second kappa shape index (κ2) is 28.9. The molecular weight excluding hydrogens is 1000 g/mol. The molecule has 0 saturated carbocycles. The van der Waals surface area contributed by atoms with Gasteiger partial charge in [-0.2, -0.15) is 15.6 Å². The normalized spacial score (nSPS) is 10.2. The zero-order valence-corrected chi connectivity index (χ0v) is 42.6. The third-order valence-corrected chi connectivity index (χ3v) is 10.4. The smallest absolute Gasteiger partial charge is 0.326 e. The topological polar surface area (TPSA) is 335 Å². The minimum Gasteiger partial charge on any atom is -0.395 e. The van der Waals surface area contributed by atoms with Gasteiger partial charge < -0.3 is 30.9 Å². The minimum atomic E-state index is -0.00231. The van der Waals surface area contributed by atoms with Crippen LogP contribution in [0.1, 0.15) is 26.6 Å². The Balaban J connectivity index is 0.000000165. The summed E-state index contributed by atoms with van der Waals surface area (Å²) in [5.74, 6) is 1.22. The largest absolute Gasteiger partial charge is 0.395 e. The fourth-order valence-electron chi connectivity index (χ4n) is 5.87. The maximum Gasteiger partial charge on any atom is 0.326 e. The first-order valence-corrected chi connectivity index (χ1v) is 23.3. The maximum absolute atomic E-state index is 5.66. The molecular formula is C42H52N24O2S4. The van der Waals surface area contributed by atoms with Crippen molar-refractivity contribution in [2.75, 3.05) is 41.7 Å². The van der Waals surface area contributed by atoms with Crippen LogP contribution in [0.2, 0.25) is 0 Å². The number of nitrogens with zero attached hydrogens (tertiary/aromatic N) is 17. The number of tetrazole rings is 3. The molecule has 0 spiro atoms. The van der Waals surface area contributed by atoms with E-state index in [0.29, 0.717) is 26.3 Å². The number of aryl methyl sites for hydroxylation is 2. The third kappa shape index (κ3) is 16.9. The van der Waals surface area contributed by atoms with E-state index in [-0.39, 0.29) is 16.9 Å². The van der Waals surface area contributed by atoms with Crippen molar-refractivity contribution in [3.05, 3.63) is 146 Å². The van der Waals surface area contributed by atoms with E-state index in [1.165, 1.54) is 0 Å². The van der Waals surface area contributed by atoms with Crippen LogP contribution < -0.4 is 22.1 Å². The van der Waals surface area contributed by atoms with Crippen LogP contribution in [-0.2, 0) is 13.1 Å². The molecule has 0 radical (unpaired) electrons. The van der Waals surface area contributed by atoms with Crippen LogP contribution in [0.15, 0.2) is 130 Å². The molecule has 0 saturated heterocycles. The summed E-state index contributed by atoms with van der Waals surface area (Å²) in [6.07, 6.45) is 0. The van der Waals surface area contributed by atoms with Gasteiger partial charge in [-0.3, -0.25) is 9.47 Å². The molecule has 26 nitrogen and oxygen atoms in total. The van der Waals surface area contributed by atoms with Gasteiger partial charge in [0.25, 0.3) is 4.84 Å². The summed E-state index contributed by atoms with van der Waals surface area (Å²) in [5, 5.41) is 50.5. The number of aromatic nitrogens is 19. The first-order valence-electron chi connectivity index (χ1n) is 21.7. The molecule has 10 aromatic rings. The van der Waals surface area contributed by atoms with Crippen molar-refractivity contribution in [1.82, 2.24) is 101 Å². The molecule has 72 heavy (non-hydrogen) atoms. The number of rotatable bonds is 11. The van der Waals surface area contributed by atoms with Crippen LogP contribution in [0, 0.1) is 26.1 Å². The Labute approximate surface area is 431 Å². The van der Waals surface area contributed by atoms with Crippen LogP contribution in [0.5, 0.6) is 0 Å². The number of likely N-dealkylation sites (N-methyl/N-ethyl adjacent to an activating group) is 1. The van der Waals surface area contributed by atoms with Gasteiger partial charge >= 0.3 is 18.0 Å². The SMILES string of the molecule is CCN(CC)CCn1[nH]nnc1=S.CCn1[nH]nnc1=S.Cc1nnc(N)n1-c1ccccc1.Nc1nnc(N)o1.S=c1[nH]nc(N(c2ccccc2)c2ccccc2)o1.S=c1nn[nH]n1-c1ccccc1. The molecule has 0 aliphatic rings. The van der Waals surface area contributed by atoms with E-state index in [4.69, 9.17) is 70.5 Å². The van der Waals surface area contributed by atoms with E-state index in [9.17, 15) is 0 Å². The number of H-pyrrole nitrogens is 4. The number of nitrogen functional groups attached to an aromatic ring is 3. The van der Waals surface area contributed by atoms with Crippen LogP contribution in [0.4, 0.5) is 35.4 Å². The molecule has 0 atom stereocenters. The van der Waals surface area contributed by atoms with Crippen molar-refractivity contribution >= 4 is 84.2 Å². The van der Waals surface area contributed by atoms with E-state index < -0.39 is 0 Å². The quantitative estimate of drug-likeness (QED) is 0.0644. The minimum absolute atomic E-state index is 0.00231. The molecule has 0 bridgehead atoms. The van der Waals surface area contributed by atoms with Crippen LogP contribution in [0.3, 0.4) is 0 Å². The Hall–Kier alpha value is -8.45. The summed E-state index contributed by atoms with van der Waals surface area (Å²) in [5.41, 5.74) is 19.4. The molecule has 0 fully saturated rings. The molecule has 6 aromatic heterocycles. The van der Waals surface area contributed by atoms with Gasteiger partial charge in [0.1, 0.15) is 5.82 Å². The predicted molar refractivity (Wildman–Crippen MR) is 280 cm³/mol. The number of nitrogens with one attached hydrogen (secondary N) is 4. The van der Waals surface area contributed by atoms with Crippen molar-refractivity contribution in [3.8, 4) is 11.4 Å². The zero-order valence-electron chi connectivity index (χ0n) is 39.4. The lowest BCUT2D eigenvalue weighted by molar-refractivity contribution is 0.283. The molecule has 10 rings (SSSR count). The highest BCUT2D eigenvalue weighted by molar-refractivity contribution is 7.71. The number of nitrogens with two attached hydrogens (primary N) is 3. The standard InChI is InChI=1S/C14H11N3OS.C9H10N4.C7H15N5S.C7H6N4S.C3H6N4S.C2H4N4O/c19-14-16-15-13(18-14)17(11-7-3-1-4-8-11)12-9-5-2-6-10-12;1-7-11-12-9(10)13(7)8-5-3-2-4-6-8;1-3-11(4-2)5-6-12-7(13)8-9-10-12;12-7-8-9-10-11(7)6-4-2-1-3-5-6;1-2-7-3(8)4-5-6-7;3-1-5-6-2(4)7-1/h1-10H,(H,16,19);2-6H,1H3,(H2,10,12);3-6H2,1-2H3,(H,8,10,13);1-5H,(H,8,10,12);2H2,1H3,(H,4,6,8);(H2,3,5)(H2,4,6). The first-order chi connectivity index (χ1) is 34.9. The summed E-state index contributed by atoms with van der Waals surface area (Å²) in [6.45, 7) is 12.9. The average molecular weight is 1050 g/mol. The van der Waals surface area contributed by atoms with E-state index in [2.05, 4.69) is 100 Å². The molecule has 4 aromatic carbocycles. The molecule has 0 unspecified atom stereocenters. The molecule has 30 heteroatoms. The van der Waals surface area contributed by atoms with E-state index in [1.807, 2.05) is 140 Å². The zero-order chi connectivity index (χ0) is 51.7. The number of benzene rings is 4. The number of hydrogen-bond donors (Lipinski definition) is 7. The van der Waals surface area contributed by atoms with E-state index >= 15 is 0 Å². The molecule has 376 valence electrons. The van der Waals surface area contributed by atoms with Crippen molar-refractivity contribution < 1.29 is 8.83 Å². The summed E-state index contributed by atoms with van der Waals surface area (Å²) in [7, 11) is 0. The van der Waals surface area contributed by atoms with Crippen molar-refractivity contribution in [2.45, 2.75) is 40.8 Å². The number of para-hydroxylation sites is 4. The lowest BCUT2D eigenvalue weighted by atomic mass is 10.2. The Morgan fingerprint density at radius 2 is 1.04 bits per heavy atom. The molecule has 0 amide bonds. The van der Waals surface area contributed by atoms with E-state index in [1.54, 1.807) is 18.6 Å². The van der Waals surface area contributed by atoms with Crippen molar-refractivity contribution in [2.24, 2.45) is 0 Å². The first kappa shape index (κ1) is 54.5. The number of anilines is 6. The highest BCUT2D eigenvalue weighted by atomic mass is 32.1. The highest BCUT2D eigenvalue weighted by Gasteiger charge is 2.16.